The summed E-state index contributed by atoms with van der Waals surface area (Å²) in [5.41, 5.74) is 6.72. The second-order valence-electron chi connectivity index (χ2n) is 4.70. The Morgan fingerprint density at radius 2 is 1.44 bits per heavy atom. The third-order valence-corrected chi connectivity index (χ3v) is 4.32. The van der Waals surface area contributed by atoms with Crippen LogP contribution in [0.2, 0.25) is 20.1 Å². The van der Waals surface area contributed by atoms with E-state index in [4.69, 9.17) is 52.2 Å². The van der Waals surface area contributed by atoms with Crippen molar-refractivity contribution in [2.24, 2.45) is 10.9 Å². The lowest BCUT2D eigenvalue weighted by Gasteiger charge is -2.03. The van der Waals surface area contributed by atoms with Crippen molar-refractivity contribution in [3.8, 4) is 0 Å². The van der Waals surface area contributed by atoms with Crippen LogP contribution >= 0.6 is 58.8 Å². The van der Waals surface area contributed by atoms with Gasteiger partial charge in [-0.2, -0.15) is 5.10 Å². The Bertz CT molecular complexity index is 802. The molecule has 2 aromatic carbocycles. The van der Waals surface area contributed by atoms with E-state index in [1.54, 1.807) is 36.4 Å². The van der Waals surface area contributed by atoms with Crippen molar-refractivity contribution in [1.29, 1.82) is 0 Å². The van der Waals surface area contributed by atoms with Gasteiger partial charge < -0.3 is 10.2 Å². The molecule has 2 aromatic rings. The summed E-state index contributed by atoms with van der Waals surface area (Å²) in [6, 6.07) is 10.0. The topological polar surface area (TPSA) is 88.7 Å². The maximum atomic E-state index is 11.0. The van der Waals surface area contributed by atoms with Gasteiger partial charge in [0.15, 0.2) is 0 Å². The lowest BCUT2D eigenvalue weighted by Crippen LogP contribution is -2.13. The average molecular weight is 475 g/mol. The second kappa shape index (κ2) is 12.9. The number of hydrazine groups is 1. The van der Waals surface area contributed by atoms with E-state index in [0.717, 1.165) is 5.69 Å². The van der Waals surface area contributed by atoms with Crippen LogP contribution in [-0.2, 0) is 9.53 Å². The van der Waals surface area contributed by atoms with Crippen LogP contribution in [0.25, 0.3) is 0 Å². The lowest BCUT2D eigenvalue weighted by atomic mass is 10.3. The van der Waals surface area contributed by atoms with Gasteiger partial charge >= 0.3 is 5.97 Å². The molecule has 0 unspecified atom stereocenters. The smallest absolute Gasteiger partial charge is 0.353 e. The van der Waals surface area contributed by atoms with Crippen molar-refractivity contribution < 1.29 is 9.53 Å². The summed E-state index contributed by atoms with van der Waals surface area (Å²) in [6.45, 7) is 1.54. The molecule has 4 N–H and O–H groups in total. The summed E-state index contributed by atoms with van der Waals surface area (Å²) >= 11 is 22.9. The number of benzene rings is 2. The zero-order valence-electron chi connectivity index (χ0n) is 14.2. The summed E-state index contributed by atoms with van der Waals surface area (Å²) in [7, 11) is 1.29. The number of halogens is 5. The van der Waals surface area contributed by atoms with Crippen molar-refractivity contribution in [3.05, 3.63) is 56.5 Å². The minimum atomic E-state index is -0.493. The van der Waals surface area contributed by atoms with Crippen LogP contribution in [-0.4, -0.2) is 18.8 Å². The molecule has 0 amide bonds. The van der Waals surface area contributed by atoms with E-state index in [2.05, 4.69) is 20.7 Å². The number of esters is 1. The number of rotatable bonds is 4. The van der Waals surface area contributed by atoms with Crippen LogP contribution in [0.1, 0.15) is 6.92 Å². The van der Waals surface area contributed by atoms with Crippen LogP contribution in [0.3, 0.4) is 0 Å². The average Bonchev–Trinajstić information content (AvgIpc) is 2.64. The van der Waals surface area contributed by atoms with E-state index in [1.807, 2.05) is 0 Å². The third kappa shape index (κ3) is 8.88. The van der Waals surface area contributed by atoms with E-state index in [9.17, 15) is 4.79 Å². The Morgan fingerprint density at radius 1 is 0.963 bits per heavy atom. The monoisotopic (exact) mass is 472 g/mol. The summed E-state index contributed by atoms with van der Waals surface area (Å²) in [5, 5.41) is 5.73. The standard InChI is InChI=1S/C10H10Cl2N2O2.C6H6Cl2N2.ClH/c1-6(10(15)16-2)13-14-7-3-4-8(11)9(12)5-7;7-5-2-1-4(10-9)3-6(5)8;/h3-5,14H,1-2H3;1-3,10H,9H2;1H/b13-6-;;. The van der Waals surface area contributed by atoms with Gasteiger partial charge in [-0.3, -0.25) is 11.3 Å². The Labute approximate surface area is 183 Å². The predicted molar refractivity (Wildman–Crippen MR) is 117 cm³/mol. The Morgan fingerprint density at radius 3 is 1.89 bits per heavy atom. The van der Waals surface area contributed by atoms with Gasteiger partial charge in [0.2, 0.25) is 0 Å². The van der Waals surface area contributed by atoms with Gasteiger partial charge in [0, 0.05) is 0 Å². The van der Waals surface area contributed by atoms with E-state index in [-0.39, 0.29) is 18.1 Å². The summed E-state index contributed by atoms with van der Waals surface area (Å²) in [5.74, 6) is 4.62. The van der Waals surface area contributed by atoms with Gasteiger partial charge in [-0.25, -0.2) is 4.79 Å². The number of hydrogen-bond donors (Lipinski definition) is 3. The maximum absolute atomic E-state index is 11.0. The maximum Gasteiger partial charge on any atom is 0.353 e. The lowest BCUT2D eigenvalue weighted by molar-refractivity contribution is -0.132. The minimum Gasteiger partial charge on any atom is -0.464 e. The third-order valence-electron chi connectivity index (χ3n) is 2.84. The first kappa shape index (κ1) is 25.6. The number of hydrogen-bond acceptors (Lipinski definition) is 6. The number of hydrazone groups is 1. The van der Waals surface area contributed by atoms with Gasteiger partial charge in [0.25, 0.3) is 0 Å². The molecule has 0 aromatic heterocycles. The molecule has 0 saturated carbocycles. The van der Waals surface area contributed by atoms with Crippen LogP contribution in [0, 0.1) is 0 Å². The Kier molecular flexibility index (Phi) is 12.2. The largest absolute Gasteiger partial charge is 0.464 e. The molecule has 27 heavy (non-hydrogen) atoms. The molecule has 0 aliphatic heterocycles. The number of anilines is 2. The summed E-state index contributed by atoms with van der Waals surface area (Å²) in [4.78, 5) is 11.0. The van der Waals surface area contributed by atoms with Gasteiger partial charge in [-0.05, 0) is 43.3 Å². The highest BCUT2D eigenvalue weighted by molar-refractivity contribution is 6.42. The van der Waals surface area contributed by atoms with Gasteiger partial charge in [-0.15, -0.1) is 12.4 Å². The fourth-order valence-corrected chi connectivity index (χ4v) is 2.09. The van der Waals surface area contributed by atoms with Crippen molar-refractivity contribution in [3.63, 3.8) is 0 Å². The number of nitrogens with two attached hydrogens (primary N) is 1. The number of nitrogens with zero attached hydrogens (tertiary/aromatic N) is 1. The first-order valence-electron chi connectivity index (χ1n) is 7.03. The zero-order chi connectivity index (χ0) is 19.7. The van der Waals surface area contributed by atoms with Crippen molar-refractivity contribution in [2.45, 2.75) is 6.92 Å². The van der Waals surface area contributed by atoms with E-state index < -0.39 is 5.97 Å². The van der Waals surface area contributed by atoms with Crippen LogP contribution in [0.5, 0.6) is 0 Å². The number of nitrogens with one attached hydrogen (secondary N) is 2. The number of nitrogen functional groups attached to an aromatic ring is 1. The quantitative estimate of drug-likeness (QED) is 0.230. The normalized spacial score (nSPS) is 10.1. The SMILES string of the molecule is COC(=O)/C(C)=N\Nc1ccc(Cl)c(Cl)c1.Cl.NNc1ccc(Cl)c(Cl)c1. The predicted octanol–water partition coefficient (Wildman–Crippen LogP) is 5.66. The van der Waals surface area contributed by atoms with Crippen LogP contribution < -0.4 is 16.7 Å². The van der Waals surface area contributed by atoms with Gasteiger partial charge in [-0.1, -0.05) is 46.4 Å². The zero-order valence-corrected chi connectivity index (χ0v) is 18.1. The first-order chi connectivity index (χ1) is 12.3. The van der Waals surface area contributed by atoms with Crippen LogP contribution in [0.15, 0.2) is 41.5 Å². The molecule has 0 aliphatic rings. The van der Waals surface area contributed by atoms with E-state index in [0.29, 0.717) is 25.8 Å². The molecule has 2 rings (SSSR count). The highest BCUT2D eigenvalue weighted by atomic mass is 35.5. The van der Waals surface area contributed by atoms with E-state index in [1.165, 1.54) is 14.0 Å². The summed E-state index contributed by atoms with van der Waals surface area (Å²) < 4.78 is 4.49. The van der Waals surface area contributed by atoms with Gasteiger partial charge in [0.05, 0.1) is 38.6 Å². The number of carbonyl (C=O) groups excluding carboxylic acids is 1. The molecule has 0 aliphatic carbocycles. The molecule has 148 valence electrons. The molecular formula is C16H17Cl5N4O2. The molecular weight excluding hydrogens is 457 g/mol. The van der Waals surface area contributed by atoms with Crippen molar-refractivity contribution in [2.75, 3.05) is 18.0 Å². The highest BCUT2D eigenvalue weighted by Gasteiger charge is 2.04. The Balaban J connectivity index is 0.000000531. The van der Waals surface area contributed by atoms with Crippen LogP contribution in [0.4, 0.5) is 11.4 Å². The molecule has 11 heteroatoms. The fraction of sp³-hybridized carbons (Fsp3) is 0.125. The molecule has 0 saturated heterocycles. The fourth-order valence-electron chi connectivity index (χ4n) is 1.49. The number of carbonyl (C=O) groups is 1. The second-order valence-corrected chi connectivity index (χ2v) is 6.33. The molecule has 0 radical (unpaired) electrons. The van der Waals surface area contributed by atoms with Crippen molar-refractivity contribution in [1.82, 2.24) is 0 Å². The van der Waals surface area contributed by atoms with Gasteiger partial charge in [0.1, 0.15) is 5.71 Å². The molecule has 0 bridgehead atoms. The molecule has 0 fully saturated rings. The van der Waals surface area contributed by atoms with Crippen molar-refractivity contribution >= 4 is 81.9 Å². The molecule has 0 heterocycles. The summed E-state index contributed by atoms with van der Waals surface area (Å²) in [6.07, 6.45) is 0. The highest BCUT2D eigenvalue weighted by Crippen LogP contribution is 2.25. The molecule has 0 atom stereocenters. The molecule has 6 nitrogen and oxygen atoms in total. The number of methoxy groups -OCH3 is 1. The minimum absolute atomic E-state index is 0. The Hall–Kier alpha value is -1.41. The number of ether oxygens (including phenoxy) is 1. The molecule has 0 spiro atoms. The first-order valence-corrected chi connectivity index (χ1v) is 8.55. The van der Waals surface area contributed by atoms with E-state index >= 15 is 0 Å².